The Kier molecular flexibility index (Phi) is 5.30. The highest BCUT2D eigenvalue weighted by Gasteiger charge is 2.27. The predicted molar refractivity (Wildman–Crippen MR) is 107 cm³/mol. The number of fused-ring (bicyclic) bond motifs is 1. The fraction of sp³-hybridized carbons (Fsp3) is 0.263. The highest BCUT2D eigenvalue weighted by molar-refractivity contribution is 8.00. The lowest BCUT2D eigenvalue weighted by Crippen LogP contribution is -2.37. The molecule has 0 aliphatic carbocycles. The van der Waals surface area contributed by atoms with Crippen LogP contribution < -0.4 is 9.62 Å². The first-order valence-electron chi connectivity index (χ1n) is 8.40. The van der Waals surface area contributed by atoms with Crippen LogP contribution in [0.15, 0.2) is 52.3 Å². The number of Topliss-reactive ketones (excluding diaryl/α,β-unsaturated/α-hetero) is 1. The van der Waals surface area contributed by atoms with Crippen LogP contribution >= 0.6 is 11.8 Å². The molecule has 0 fully saturated rings. The Bertz CT molecular complexity index is 1000. The third-order valence-electron chi connectivity index (χ3n) is 4.22. The number of hydrogen-bond donors (Lipinski definition) is 1. The molecular weight excluding hydrogens is 384 g/mol. The van der Waals surface area contributed by atoms with Crippen LogP contribution in [0.5, 0.6) is 0 Å². The van der Waals surface area contributed by atoms with Crippen LogP contribution in [0, 0.1) is 0 Å². The van der Waals surface area contributed by atoms with Crippen molar-refractivity contribution in [3.05, 3.63) is 48.0 Å². The van der Waals surface area contributed by atoms with Gasteiger partial charge in [-0.1, -0.05) is 6.92 Å². The number of thioether (sulfide) groups is 1. The van der Waals surface area contributed by atoms with Gasteiger partial charge in [0.25, 0.3) is 10.0 Å². The van der Waals surface area contributed by atoms with Gasteiger partial charge in [0.1, 0.15) is 0 Å². The van der Waals surface area contributed by atoms with Gasteiger partial charge in [0.15, 0.2) is 5.78 Å². The summed E-state index contributed by atoms with van der Waals surface area (Å²) in [5.41, 5.74) is 1.49. The minimum Gasteiger partial charge on any atom is -0.310 e. The van der Waals surface area contributed by atoms with E-state index in [-0.39, 0.29) is 21.8 Å². The summed E-state index contributed by atoms with van der Waals surface area (Å²) in [4.78, 5) is 25.9. The number of sulfonamides is 1. The summed E-state index contributed by atoms with van der Waals surface area (Å²) < 4.78 is 28.0. The number of benzene rings is 2. The summed E-state index contributed by atoms with van der Waals surface area (Å²) in [6.45, 7) is 5.49. The SMILES string of the molecule is CC(=O)c1ccc(NS(=O)(=O)c2ccc3c(c2)N(C(C)=O)CC(C)S3)cc1. The van der Waals surface area contributed by atoms with Gasteiger partial charge in [0.2, 0.25) is 5.91 Å². The zero-order valence-electron chi connectivity index (χ0n) is 15.2. The van der Waals surface area contributed by atoms with Crippen molar-refractivity contribution >= 4 is 44.9 Å². The summed E-state index contributed by atoms with van der Waals surface area (Å²) in [7, 11) is -3.82. The average Bonchev–Trinajstić information content (AvgIpc) is 2.60. The van der Waals surface area contributed by atoms with Gasteiger partial charge in [-0.05, 0) is 49.4 Å². The fourth-order valence-corrected chi connectivity index (χ4v) is 5.04. The molecule has 1 N–H and O–H groups in total. The van der Waals surface area contributed by atoms with E-state index in [9.17, 15) is 18.0 Å². The van der Waals surface area contributed by atoms with E-state index in [0.29, 0.717) is 23.5 Å². The minimum atomic E-state index is -3.82. The van der Waals surface area contributed by atoms with Crippen LogP contribution in [0.4, 0.5) is 11.4 Å². The Morgan fingerprint density at radius 3 is 2.37 bits per heavy atom. The molecule has 0 radical (unpaired) electrons. The molecule has 142 valence electrons. The zero-order valence-corrected chi connectivity index (χ0v) is 16.9. The smallest absolute Gasteiger partial charge is 0.261 e. The van der Waals surface area contributed by atoms with Crippen LogP contribution in [0.2, 0.25) is 0 Å². The molecule has 0 bridgehead atoms. The number of nitrogens with one attached hydrogen (secondary N) is 1. The lowest BCUT2D eigenvalue weighted by molar-refractivity contribution is -0.116. The molecular formula is C19H20N2O4S2. The van der Waals surface area contributed by atoms with E-state index in [0.717, 1.165) is 4.90 Å². The Morgan fingerprint density at radius 1 is 1.11 bits per heavy atom. The maximum atomic E-state index is 12.8. The van der Waals surface area contributed by atoms with Crippen molar-refractivity contribution in [2.24, 2.45) is 0 Å². The third kappa shape index (κ3) is 4.17. The summed E-state index contributed by atoms with van der Waals surface area (Å²) in [6, 6.07) is 11.0. The van der Waals surface area contributed by atoms with E-state index in [1.165, 1.54) is 26.0 Å². The van der Waals surface area contributed by atoms with Crippen LogP contribution in [0.25, 0.3) is 0 Å². The van der Waals surface area contributed by atoms with E-state index in [2.05, 4.69) is 4.72 Å². The molecule has 0 spiro atoms. The standard InChI is InChI=1S/C19H20N2O4S2/c1-12-11-21(14(3)23)18-10-17(8-9-19(18)26-12)27(24,25)20-16-6-4-15(5-7-16)13(2)22/h4-10,12,20H,11H2,1-3H3. The van der Waals surface area contributed by atoms with Crippen molar-refractivity contribution in [3.63, 3.8) is 0 Å². The molecule has 1 amide bonds. The van der Waals surface area contributed by atoms with E-state index < -0.39 is 10.0 Å². The summed E-state index contributed by atoms with van der Waals surface area (Å²) in [6.07, 6.45) is 0. The number of ketones is 1. The average molecular weight is 405 g/mol. The quantitative estimate of drug-likeness (QED) is 0.788. The largest absolute Gasteiger partial charge is 0.310 e. The van der Waals surface area contributed by atoms with E-state index >= 15 is 0 Å². The van der Waals surface area contributed by atoms with Crippen LogP contribution in [0.1, 0.15) is 31.1 Å². The maximum absolute atomic E-state index is 12.8. The first-order chi connectivity index (χ1) is 12.7. The number of anilines is 2. The molecule has 2 aromatic rings. The molecule has 1 unspecified atom stereocenters. The van der Waals surface area contributed by atoms with Gasteiger partial charge in [-0.3, -0.25) is 14.3 Å². The Labute approximate surface area is 163 Å². The molecule has 27 heavy (non-hydrogen) atoms. The van der Waals surface area contributed by atoms with Crippen LogP contribution in [-0.2, 0) is 14.8 Å². The Hall–Kier alpha value is -2.32. The number of hydrogen-bond acceptors (Lipinski definition) is 5. The van der Waals surface area contributed by atoms with E-state index in [1.807, 2.05) is 6.92 Å². The van der Waals surface area contributed by atoms with Gasteiger partial charge in [-0.15, -0.1) is 11.8 Å². The van der Waals surface area contributed by atoms with Crippen LogP contribution in [0.3, 0.4) is 0 Å². The van der Waals surface area contributed by atoms with E-state index in [4.69, 9.17) is 0 Å². The summed E-state index contributed by atoms with van der Waals surface area (Å²) in [5.74, 6) is -0.208. The van der Waals surface area contributed by atoms with Crippen LogP contribution in [-0.4, -0.2) is 31.9 Å². The lowest BCUT2D eigenvalue weighted by atomic mass is 10.1. The van der Waals surface area contributed by atoms with Gasteiger partial charge in [-0.2, -0.15) is 0 Å². The molecule has 0 saturated heterocycles. The topological polar surface area (TPSA) is 83.6 Å². The first kappa shape index (κ1) is 19.4. The highest BCUT2D eigenvalue weighted by atomic mass is 32.2. The molecule has 1 aliphatic heterocycles. The second-order valence-electron chi connectivity index (χ2n) is 6.43. The van der Waals surface area contributed by atoms with Crippen molar-refractivity contribution in [2.45, 2.75) is 35.8 Å². The Morgan fingerprint density at radius 2 is 1.78 bits per heavy atom. The van der Waals surface area contributed by atoms with Crippen molar-refractivity contribution in [2.75, 3.05) is 16.2 Å². The summed E-state index contributed by atoms with van der Waals surface area (Å²) >= 11 is 1.62. The second kappa shape index (κ2) is 7.36. The zero-order chi connectivity index (χ0) is 19.8. The lowest BCUT2D eigenvalue weighted by Gasteiger charge is -2.32. The van der Waals surface area contributed by atoms with Crippen molar-refractivity contribution in [1.82, 2.24) is 0 Å². The Balaban J connectivity index is 1.92. The number of carbonyl (C=O) groups is 2. The molecule has 0 aromatic heterocycles. The predicted octanol–water partition coefficient (Wildman–Crippen LogP) is 3.54. The highest BCUT2D eigenvalue weighted by Crippen LogP contribution is 2.39. The summed E-state index contributed by atoms with van der Waals surface area (Å²) in [5, 5.41) is 0.238. The second-order valence-corrected chi connectivity index (χ2v) is 9.59. The number of nitrogens with zero attached hydrogens (tertiary/aromatic N) is 1. The van der Waals surface area contributed by atoms with Gasteiger partial charge in [-0.25, -0.2) is 8.42 Å². The molecule has 8 heteroatoms. The van der Waals surface area contributed by atoms with Gasteiger partial charge in [0, 0.05) is 34.9 Å². The molecule has 6 nitrogen and oxygen atoms in total. The van der Waals surface area contributed by atoms with Crippen molar-refractivity contribution in [1.29, 1.82) is 0 Å². The van der Waals surface area contributed by atoms with Gasteiger partial charge in [0.05, 0.1) is 10.6 Å². The van der Waals surface area contributed by atoms with Gasteiger partial charge < -0.3 is 4.90 Å². The normalized spacial score (nSPS) is 16.6. The van der Waals surface area contributed by atoms with Crippen molar-refractivity contribution in [3.8, 4) is 0 Å². The number of rotatable bonds is 4. The molecule has 3 rings (SSSR count). The fourth-order valence-electron chi connectivity index (χ4n) is 2.87. The molecule has 1 heterocycles. The van der Waals surface area contributed by atoms with Crippen molar-refractivity contribution < 1.29 is 18.0 Å². The number of amides is 1. The molecule has 2 aromatic carbocycles. The monoisotopic (exact) mass is 404 g/mol. The minimum absolute atomic E-state index is 0.0818. The third-order valence-corrected chi connectivity index (χ3v) is 6.75. The number of carbonyl (C=O) groups excluding carboxylic acids is 2. The molecule has 1 atom stereocenters. The maximum Gasteiger partial charge on any atom is 0.261 e. The molecule has 0 saturated carbocycles. The van der Waals surface area contributed by atoms with E-state index in [1.54, 1.807) is 47.0 Å². The van der Waals surface area contributed by atoms with Gasteiger partial charge >= 0.3 is 0 Å². The molecule has 1 aliphatic rings. The first-order valence-corrected chi connectivity index (χ1v) is 10.8.